The Morgan fingerprint density at radius 1 is 0.846 bits per heavy atom. The zero-order valence-corrected chi connectivity index (χ0v) is 15.6. The molecule has 6 heteroatoms. The van der Waals surface area contributed by atoms with Crippen molar-refractivity contribution in [2.75, 3.05) is 35.0 Å². The average molecular weight is 359 g/mol. The SMILES string of the molecule is COc1ccc(CCNC(=O)Cc2cc(OC)c(OC)c(OC)c2)cc1. The normalized spacial score (nSPS) is 10.2. The molecule has 2 rings (SSSR count). The first kappa shape index (κ1) is 19.4. The summed E-state index contributed by atoms with van der Waals surface area (Å²) in [6, 6.07) is 11.4. The molecule has 0 unspecified atom stereocenters. The Balaban J connectivity index is 1.92. The van der Waals surface area contributed by atoms with Crippen LogP contribution in [-0.4, -0.2) is 40.9 Å². The summed E-state index contributed by atoms with van der Waals surface area (Å²) >= 11 is 0. The number of rotatable bonds is 9. The Morgan fingerprint density at radius 3 is 1.96 bits per heavy atom. The highest BCUT2D eigenvalue weighted by molar-refractivity contribution is 5.79. The first-order chi connectivity index (χ1) is 12.6. The molecule has 0 saturated carbocycles. The van der Waals surface area contributed by atoms with Crippen LogP contribution < -0.4 is 24.3 Å². The molecule has 0 radical (unpaired) electrons. The van der Waals surface area contributed by atoms with Gasteiger partial charge in [-0.1, -0.05) is 12.1 Å². The van der Waals surface area contributed by atoms with Crippen molar-refractivity contribution >= 4 is 5.91 Å². The fourth-order valence-electron chi connectivity index (χ4n) is 2.62. The maximum absolute atomic E-state index is 12.2. The van der Waals surface area contributed by atoms with Gasteiger partial charge in [0, 0.05) is 6.54 Å². The van der Waals surface area contributed by atoms with E-state index in [4.69, 9.17) is 18.9 Å². The van der Waals surface area contributed by atoms with Gasteiger partial charge in [0.25, 0.3) is 0 Å². The zero-order chi connectivity index (χ0) is 18.9. The van der Waals surface area contributed by atoms with Crippen molar-refractivity contribution in [3.63, 3.8) is 0 Å². The van der Waals surface area contributed by atoms with Crippen molar-refractivity contribution < 1.29 is 23.7 Å². The standard InChI is InChI=1S/C20H25NO5/c1-23-16-7-5-14(6-8-16)9-10-21-19(22)13-15-11-17(24-2)20(26-4)18(12-15)25-3/h5-8,11-12H,9-10,13H2,1-4H3,(H,21,22). The maximum Gasteiger partial charge on any atom is 0.224 e. The molecule has 0 aliphatic carbocycles. The summed E-state index contributed by atoms with van der Waals surface area (Å²) in [6.45, 7) is 0.565. The van der Waals surface area contributed by atoms with Gasteiger partial charge in [0.15, 0.2) is 11.5 Å². The van der Waals surface area contributed by atoms with Gasteiger partial charge in [-0.3, -0.25) is 4.79 Å². The van der Waals surface area contributed by atoms with Gasteiger partial charge in [-0.25, -0.2) is 0 Å². The molecule has 0 aliphatic heterocycles. The van der Waals surface area contributed by atoms with E-state index in [1.165, 1.54) is 0 Å². The van der Waals surface area contributed by atoms with E-state index >= 15 is 0 Å². The molecule has 26 heavy (non-hydrogen) atoms. The van der Waals surface area contributed by atoms with Crippen LogP contribution in [0.1, 0.15) is 11.1 Å². The molecule has 0 aliphatic rings. The summed E-state index contributed by atoms with van der Waals surface area (Å²) in [5, 5.41) is 2.93. The Hall–Kier alpha value is -2.89. The number of ether oxygens (including phenoxy) is 4. The third kappa shape index (κ3) is 5.05. The van der Waals surface area contributed by atoms with Crippen molar-refractivity contribution in [3.05, 3.63) is 47.5 Å². The average Bonchev–Trinajstić information content (AvgIpc) is 2.67. The highest BCUT2D eigenvalue weighted by Gasteiger charge is 2.14. The van der Waals surface area contributed by atoms with Crippen molar-refractivity contribution in [2.24, 2.45) is 0 Å². The van der Waals surface area contributed by atoms with Crippen LogP contribution in [0.5, 0.6) is 23.0 Å². The molecule has 6 nitrogen and oxygen atoms in total. The minimum Gasteiger partial charge on any atom is -0.497 e. The minimum atomic E-state index is -0.0622. The first-order valence-electron chi connectivity index (χ1n) is 8.29. The van der Waals surface area contributed by atoms with Crippen molar-refractivity contribution in [1.82, 2.24) is 5.32 Å². The number of amides is 1. The number of hydrogen-bond donors (Lipinski definition) is 1. The Bertz CT molecular complexity index is 702. The summed E-state index contributed by atoms with van der Waals surface area (Å²) in [4.78, 5) is 12.2. The molecule has 2 aromatic carbocycles. The molecule has 0 saturated heterocycles. The largest absolute Gasteiger partial charge is 0.497 e. The molecule has 0 fully saturated rings. The highest BCUT2D eigenvalue weighted by atomic mass is 16.5. The van der Waals surface area contributed by atoms with Crippen molar-refractivity contribution in [3.8, 4) is 23.0 Å². The molecule has 140 valence electrons. The van der Waals surface area contributed by atoms with Gasteiger partial charge in [0.1, 0.15) is 5.75 Å². The summed E-state index contributed by atoms with van der Waals surface area (Å²) in [7, 11) is 6.29. The Kier molecular flexibility index (Phi) is 7.14. The molecule has 0 heterocycles. The van der Waals surface area contributed by atoms with E-state index in [9.17, 15) is 4.79 Å². The zero-order valence-electron chi connectivity index (χ0n) is 15.6. The summed E-state index contributed by atoms with van der Waals surface area (Å²) in [6.07, 6.45) is 0.990. The van der Waals surface area contributed by atoms with Crippen LogP contribution >= 0.6 is 0 Å². The molecule has 2 aromatic rings. The fourth-order valence-corrected chi connectivity index (χ4v) is 2.62. The first-order valence-corrected chi connectivity index (χ1v) is 8.29. The molecule has 0 atom stereocenters. The third-order valence-electron chi connectivity index (χ3n) is 3.98. The van der Waals surface area contributed by atoms with E-state index in [-0.39, 0.29) is 12.3 Å². The lowest BCUT2D eigenvalue weighted by atomic mass is 10.1. The van der Waals surface area contributed by atoms with E-state index in [1.807, 2.05) is 24.3 Å². The highest BCUT2D eigenvalue weighted by Crippen LogP contribution is 2.38. The van der Waals surface area contributed by atoms with Crippen LogP contribution in [0.3, 0.4) is 0 Å². The number of nitrogens with one attached hydrogen (secondary N) is 1. The van der Waals surface area contributed by atoms with E-state index in [0.717, 1.165) is 23.3 Å². The minimum absolute atomic E-state index is 0.0622. The number of carbonyl (C=O) groups is 1. The van der Waals surface area contributed by atoms with Crippen LogP contribution in [-0.2, 0) is 17.6 Å². The van der Waals surface area contributed by atoms with E-state index in [1.54, 1.807) is 40.6 Å². The quantitative estimate of drug-likeness (QED) is 0.746. The van der Waals surface area contributed by atoms with Gasteiger partial charge in [0.2, 0.25) is 11.7 Å². The summed E-state index contributed by atoms with van der Waals surface area (Å²) in [5.41, 5.74) is 1.93. The monoisotopic (exact) mass is 359 g/mol. The topological polar surface area (TPSA) is 66.0 Å². The van der Waals surface area contributed by atoms with Crippen LogP contribution in [0.15, 0.2) is 36.4 Å². The molecular weight excluding hydrogens is 334 g/mol. The molecular formula is C20H25NO5. The fraction of sp³-hybridized carbons (Fsp3) is 0.350. The van der Waals surface area contributed by atoms with Crippen LogP contribution in [0.4, 0.5) is 0 Å². The van der Waals surface area contributed by atoms with Crippen LogP contribution in [0.25, 0.3) is 0 Å². The van der Waals surface area contributed by atoms with Gasteiger partial charge in [-0.15, -0.1) is 0 Å². The second kappa shape index (κ2) is 9.56. The number of hydrogen-bond acceptors (Lipinski definition) is 5. The lowest BCUT2D eigenvalue weighted by Crippen LogP contribution is -2.27. The van der Waals surface area contributed by atoms with Crippen LogP contribution in [0, 0.1) is 0 Å². The second-order valence-electron chi connectivity index (χ2n) is 5.66. The maximum atomic E-state index is 12.2. The molecule has 0 bridgehead atoms. The van der Waals surface area contributed by atoms with Gasteiger partial charge in [-0.05, 0) is 41.8 Å². The van der Waals surface area contributed by atoms with Gasteiger partial charge in [-0.2, -0.15) is 0 Å². The molecule has 0 spiro atoms. The van der Waals surface area contributed by atoms with Gasteiger partial charge >= 0.3 is 0 Å². The molecule has 0 aromatic heterocycles. The van der Waals surface area contributed by atoms with Gasteiger partial charge in [0.05, 0.1) is 34.9 Å². The molecule has 1 amide bonds. The van der Waals surface area contributed by atoms with E-state index in [0.29, 0.717) is 23.8 Å². The van der Waals surface area contributed by atoms with E-state index in [2.05, 4.69) is 5.32 Å². The van der Waals surface area contributed by atoms with Crippen LogP contribution in [0.2, 0.25) is 0 Å². The summed E-state index contributed by atoms with van der Waals surface area (Å²) in [5.74, 6) is 2.34. The number of carbonyl (C=O) groups excluding carboxylic acids is 1. The predicted molar refractivity (Wildman–Crippen MR) is 99.5 cm³/mol. The Labute approximate surface area is 154 Å². The smallest absolute Gasteiger partial charge is 0.224 e. The van der Waals surface area contributed by atoms with Gasteiger partial charge < -0.3 is 24.3 Å². The lowest BCUT2D eigenvalue weighted by molar-refractivity contribution is -0.120. The van der Waals surface area contributed by atoms with E-state index < -0.39 is 0 Å². The lowest BCUT2D eigenvalue weighted by Gasteiger charge is -2.14. The molecule has 1 N–H and O–H groups in total. The van der Waals surface area contributed by atoms with Crippen molar-refractivity contribution in [1.29, 1.82) is 0 Å². The summed E-state index contributed by atoms with van der Waals surface area (Å²) < 4.78 is 21.0. The Morgan fingerprint density at radius 2 is 1.46 bits per heavy atom. The number of benzene rings is 2. The second-order valence-corrected chi connectivity index (χ2v) is 5.66. The number of methoxy groups -OCH3 is 4. The predicted octanol–water partition coefficient (Wildman–Crippen LogP) is 2.62. The third-order valence-corrected chi connectivity index (χ3v) is 3.98. The van der Waals surface area contributed by atoms with Crippen molar-refractivity contribution in [2.45, 2.75) is 12.8 Å².